The van der Waals surface area contributed by atoms with Crippen molar-refractivity contribution in [2.45, 2.75) is 6.10 Å². The predicted octanol–water partition coefficient (Wildman–Crippen LogP) is 0.367. The summed E-state index contributed by atoms with van der Waals surface area (Å²) >= 11 is 3.21. The summed E-state index contributed by atoms with van der Waals surface area (Å²) in [5, 5.41) is 0. The van der Waals surface area contributed by atoms with Crippen LogP contribution in [-0.2, 0) is 4.74 Å². The maximum Gasteiger partial charge on any atom is 0.267 e. The van der Waals surface area contributed by atoms with Gasteiger partial charge < -0.3 is 14.6 Å². The molecule has 0 saturated carbocycles. The third kappa shape index (κ3) is 1.55. The number of nitrogens with zero attached hydrogens (tertiary/aromatic N) is 2. The predicted molar refractivity (Wildman–Crippen MR) is 55.6 cm³/mol. The molecule has 14 heavy (non-hydrogen) atoms. The molecule has 1 N–H and O–H groups in total. The van der Waals surface area contributed by atoms with Gasteiger partial charge in [-0.05, 0) is 15.9 Å². The Balaban J connectivity index is 2.19. The van der Waals surface area contributed by atoms with Gasteiger partial charge in [0.2, 0.25) is 0 Å². The molecule has 1 aliphatic rings. The first-order valence-electron chi connectivity index (χ1n) is 4.23. The highest BCUT2D eigenvalue weighted by atomic mass is 79.9. The van der Waals surface area contributed by atoms with Crippen LogP contribution in [0.4, 0.5) is 5.82 Å². The topological polar surface area (TPSA) is 58.2 Å². The van der Waals surface area contributed by atoms with Crippen LogP contribution in [0.1, 0.15) is 0 Å². The minimum atomic E-state index is -0.157. The maximum atomic E-state index is 11.2. The summed E-state index contributed by atoms with van der Waals surface area (Å²) in [6.07, 6.45) is 1.66. The summed E-state index contributed by atoms with van der Waals surface area (Å²) < 4.78 is 5.62. The van der Waals surface area contributed by atoms with Gasteiger partial charge in [-0.3, -0.25) is 4.79 Å². The van der Waals surface area contributed by atoms with E-state index in [0.717, 1.165) is 13.1 Å². The number of halogens is 1. The molecule has 1 fully saturated rings. The first-order valence-corrected chi connectivity index (χ1v) is 5.02. The van der Waals surface area contributed by atoms with Gasteiger partial charge in [-0.1, -0.05) is 0 Å². The van der Waals surface area contributed by atoms with Crippen molar-refractivity contribution in [1.29, 1.82) is 0 Å². The molecule has 0 bridgehead atoms. The molecule has 0 aliphatic carbocycles. The van der Waals surface area contributed by atoms with Gasteiger partial charge in [0.1, 0.15) is 4.47 Å². The van der Waals surface area contributed by atoms with Gasteiger partial charge in [0.05, 0.1) is 12.4 Å². The van der Waals surface area contributed by atoms with Crippen LogP contribution in [0.3, 0.4) is 0 Å². The van der Waals surface area contributed by atoms with Crippen molar-refractivity contribution in [3.8, 4) is 0 Å². The van der Waals surface area contributed by atoms with Crippen LogP contribution in [0.15, 0.2) is 15.6 Å². The molecule has 0 aromatic carbocycles. The molecule has 1 aromatic rings. The second-order valence-corrected chi connectivity index (χ2v) is 3.92. The Morgan fingerprint density at radius 1 is 1.71 bits per heavy atom. The molecule has 1 saturated heterocycles. The summed E-state index contributed by atoms with van der Waals surface area (Å²) in [5.74, 6) is 0.682. The summed E-state index contributed by atoms with van der Waals surface area (Å²) in [5.41, 5.74) is -0.157. The number of H-pyrrole nitrogens is 1. The molecule has 0 amide bonds. The van der Waals surface area contributed by atoms with Crippen molar-refractivity contribution in [2.75, 3.05) is 25.1 Å². The molecule has 76 valence electrons. The van der Waals surface area contributed by atoms with E-state index >= 15 is 0 Å². The van der Waals surface area contributed by atoms with Crippen LogP contribution in [0.2, 0.25) is 0 Å². The minimum Gasteiger partial charge on any atom is -0.378 e. The number of anilines is 1. The highest BCUT2D eigenvalue weighted by Gasteiger charge is 2.29. The lowest BCUT2D eigenvalue weighted by atomic mass is 10.2. The van der Waals surface area contributed by atoms with Crippen LogP contribution < -0.4 is 10.5 Å². The van der Waals surface area contributed by atoms with E-state index in [-0.39, 0.29) is 11.7 Å². The average molecular weight is 260 g/mol. The molecule has 1 aliphatic heterocycles. The Hall–Kier alpha value is -0.880. The van der Waals surface area contributed by atoms with Crippen molar-refractivity contribution in [2.24, 2.45) is 0 Å². The highest BCUT2D eigenvalue weighted by molar-refractivity contribution is 9.10. The Kier molecular flexibility index (Phi) is 2.56. The number of aromatic amines is 1. The van der Waals surface area contributed by atoms with Crippen LogP contribution in [0.25, 0.3) is 0 Å². The zero-order valence-electron chi connectivity index (χ0n) is 7.66. The molecule has 0 unspecified atom stereocenters. The van der Waals surface area contributed by atoms with Crippen molar-refractivity contribution >= 4 is 21.7 Å². The average Bonchev–Trinajstić information content (AvgIpc) is 2.10. The van der Waals surface area contributed by atoms with Crippen molar-refractivity contribution in [1.82, 2.24) is 9.97 Å². The number of rotatable bonds is 2. The number of hydrogen-bond donors (Lipinski definition) is 1. The highest BCUT2D eigenvalue weighted by Crippen LogP contribution is 2.24. The first kappa shape index (κ1) is 9.67. The number of aromatic nitrogens is 2. The van der Waals surface area contributed by atoms with E-state index < -0.39 is 0 Å². The second-order valence-electron chi connectivity index (χ2n) is 3.13. The lowest BCUT2D eigenvalue weighted by molar-refractivity contribution is 0.0782. The number of hydrogen-bond acceptors (Lipinski definition) is 4. The van der Waals surface area contributed by atoms with E-state index in [1.807, 2.05) is 4.90 Å². The monoisotopic (exact) mass is 259 g/mol. The summed E-state index contributed by atoms with van der Waals surface area (Å²) in [7, 11) is 1.68. The van der Waals surface area contributed by atoms with Crippen LogP contribution >= 0.6 is 15.9 Å². The van der Waals surface area contributed by atoms with E-state index in [9.17, 15) is 4.79 Å². The van der Waals surface area contributed by atoms with Gasteiger partial charge in [-0.2, -0.15) is 0 Å². The van der Waals surface area contributed by atoms with Crippen molar-refractivity contribution < 1.29 is 4.74 Å². The molecule has 2 rings (SSSR count). The Morgan fingerprint density at radius 2 is 2.43 bits per heavy atom. The summed E-state index contributed by atoms with van der Waals surface area (Å²) in [4.78, 5) is 19.8. The van der Waals surface area contributed by atoms with E-state index in [4.69, 9.17) is 4.74 Å². The minimum absolute atomic E-state index is 0.157. The lowest BCUT2D eigenvalue weighted by Crippen LogP contribution is -2.52. The fourth-order valence-electron chi connectivity index (χ4n) is 1.35. The lowest BCUT2D eigenvalue weighted by Gasteiger charge is -2.39. The van der Waals surface area contributed by atoms with Crippen molar-refractivity contribution in [3.63, 3.8) is 0 Å². The van der Waals surface area contributed by atoms with Gasteiger partial charge in [0.15, 0.2) is 5.82 Å². The Bertz CT molecular complexity index is 386. The van der Waals surface area contributed by atoms with Gasteiger partial charge >= 0.3 is 0 Å². The molecular weight excluding hydrogens is 250 g/mol. The number of nitrogens with one attached hydrogen (secondary N) is 1. The molecule has 6 heteroatoms. The second kappa shape index (κ2) is 3.70. The molecule has 0 radical (unpaired) electrons. The van der Waals surface area contributed by atoms with Gasteiger partial charge in [0.25, 0.3) is 5.56 Å². The van der Waals surface area contributed by atoms with Gasteiger partial charge in [-0.15, -0.1) is 0 Å². The van der Waals surface area contributed by atoms with Gasteiger partial charge in [0, 0.05) is 20.2 Å². The molecular formula is C8H10BrN3O2. The quantitative estimate of drug-likeness (QED) is 0.834. The normalized spacial score (nSPS) is 16.9. The standard InChI is InChI=1S/C8H10BrN3O2/c1-14-5-2-12(3-5)7-6(9)8(13)11-4-10-7/h4-5H,2-3H2,1H3,(H,10,11,13). The molecule has 1 aromatic heterocycles. The summed E-state index contributed by atoms with van der Waals surface area (Å²) in [6, 6.07) is 0. The van der Waals surface area contributed by atoms with Gasteiger partial charge in [-0.25, -0.2) is 4.98 Å². The third-order valence-corrected chi connectivity index (χ3v) is 2.97. The third-order valence-electron chi connectivity index (χ3n) is 2.26. The molecule has 0 spiro atoms. The van der Waals surface area contributed by atoms with Crippen molar-refractivity contribution in [3.05, 3.63) is 21.2 Å². The Morgan fingerprint density at radius 3 is 3.07 bits per heavy atom. The molecule has 0 atom stereocenters. The zero-order valence-corrected chi connectivity index (χ0v) is 9.24. The Labute approximate surface area is 89.2 Å². The van der Waals surface area contributed by atoms with E-state index in [1.54, 1.807) is 7.11 Å². The largest absolute Gasteiger partial charge is 0.378 e. The summed E-state index contributed by atoms with van der Waals surface area (Å²) in [6.45, 7) is 1.57. The van der Waals surface area contributed by atoms with E-state index in [1.165, 1.54) is 6.33 Å². The fourth-order valence-corrected chi connectivity index (χ4v) is 1.82. The first-order chi connectivity index (χ1) is 6.72. The van der Waals surface area contributed by atoms with E-state index in [0.29, 0.717) is 10.3 Å². The fraction of sp³-hybridized carbons (Fsp3) is 0.500. The maximum absolute atomic E-state index is 11.2. The van der Waals surface area contributed by atoms with Crippen LogP contribution in [0, 0.1) is 0 Å². The smallest absolute Gasteiger partial charge is 0.267 e. The van der Waals surface area contributed by atoms with E-state index in [2.05, 4.69) is 25.9 Å². The number of methoxy groups -OCH3 is 1. The molecule has 2 heterocycles. The zero-order chi connectivity index (χ0) is 10.1. The SMILES string of the molecule is COC1CN(c2nc[nH]c(=O)c2Br)C1. The molecule has 5 nitrogen and oxygen atoms in total. The van der Waals surface area contributed by atoms with Crippen LogP contribution in [0.5, 0.6) is 0 Å². The number of ether oxygens (including phenoxy) is 1. The van der Waals surface area contributed by atoms with Crippen LogP contribution in [-0.4, -0.2) is 36.3 Å².